The summed E-state index contributed by atoms with van der Waals surface area (Å²) in [4.78, 5) is 31.4. The number of hydrogen-bond donors (Lipinski definition) is 0. The van der Waals surface area contributed by atoms with Gasteiger partial charge in [0, 0.05) is 31.4 Å². The van der Waals surface area contributed by atoms with E-state index in [-0.39, 0.29) is 18.4 Å². The maximum atomic E-state index is 12.4. The van der Waals surface area contributed by atoms with Crippen molar-refractivity contribution in [2.24, 2.45) is 0 Å². The van der Waals surface area contributed by atoms with Crippen LogP contribution < -0.4 is 0 Å². The van der Waals surface area contributed by atoms with Crippen LogP contribution in [0.5, 0.6) is 0 Å². The average Bonchev–Trinajstić information content (AvgIpc) is 2.50. The topological polar surface area (TPSA) is 53.5 Å². The van der Waals surface area contributed by atoms with E-state index in [9.17, 15) is 9.59 Å². The number of pyridine rings is 1. The summed E-state index contributed by atoms with van der Waals surface area (Å²) in [6.45, 7) is 3.16. The van der Waals surface area contributed by atoms with Gasteiger partial charge in [0.15, 0.2) is 0 Å². The summed E-state index contributed by atoms with van der Waals surface area (Å²) < 4.78 is 0. The van der Waals surface area contributed by atoms with Crippen molar-refractivity contribution in [3.63, 3.8) is 0 Å². The number of carbonyl (C=O) groups is 2. The molecular formula is C13H16ClN3O2. The number of halogens is 1. The molecule has 1 aromatic rings. The van der Waals surface area contributed by atoms with Crippen LogP contribution in [0.15, 0.2) is 12.1 Å². The van der Waals surface area contributed by atoms with Crippen LogP contribution in [0.2, 0.25) is 5.15 Å². The fourth-order valence-electron chi connectivity index (χ4n) is 2.09. The van der Waals surface area contributed by atoms with E-state index >= 15 is 0 Å². The highest BCUT2D eigenvalue weighted by Crippen LogP contribution is 2.14. The third-order valence-electron chi connectivity index (χ3n) is 3.13. The molecule has 6 heteroatoms. The zero-order valence-corrected chi connectivity index (χ0v) is 11.8. The van der Waals surface area contributed by atoms with Crippen molar-refractivity contribution in [2.75, 3.05) is 26.7 Å². The number of carbonyl (C=O) groups excluding carboxylic acids is 2. The molecule has 2 amide bonds. The maximum absolute atomic E-state index is 12.4. The van der Waals surface area contributed by atoms with Gasteiger partial charge in [-0.3, -0.25) is 9.59 Å². The van der Waals surface area contributed by atoms with E-state index in [1.807, 2.05) is 0 Å². The molecule has 1 aliphatic rings. The standard InChI is InChI=1S/C13H16ClN3O2/c1-9-6-10(7-11(14)15-9)13(19)17-5-3-4-16(2)12(18)8-17/h6-7H,3-5,8H2,1-2H3. The van der Waals surface area contributed by atoms with Gasteiger partial charge in [-0.25, -0.2) is 4.98 Å². The molecular weight excluding hydrogens is 266 g/mol. The van der Waals surface area contributed by atoms with Crippen LogP contribution in [0.25, 0.3) is 0 Å². The molecule has 19 heavy (non-hydrogen) atoms. The second kappa shape index (κ2) is 5.57. The van der Waals surface area contributed by atoms with E-state index in [1.54, 1.807) is 29.8 Å². The van der Waals surface area contributed by atoms with E-state index in [0.29, 0.717) is 29.5 Å². The van der Waals surface area contributed by atoms with E-state index in [2.05, 4.69) is 4.98 Å². The zero-order valence-electron chi connectivity index (χ0n) is 11.0. The molecule has 0 bridgehead atoms. The van der Waals surface area contributed by atoms with E-state index in [4.69, 9.17) is 11.6 Å². The van der Waals surface area contributed by atoms with Crippen LogP contribution >= 0.6 is 11.6 Å². The highest BCUT2D eigenvalue weighted by Gasteiger charge is 2.24. The number of nitrogens with zero attached hydrogens (tertiary/aromatic N) is 3. The van der Waals surface area contributed by atoms with Gasteiger partial charge in [0.2, 0.25) is 5.91 Å². The van der Waals surface area contributed by atoms with E-state index in [0.717, 1.165) is 6.42 Å². The maximum Gasteiger partial charge on any atom is 0.254 e. The molecule has 1 aromatic heterocycles. The van der Waals surface area contributed by atoms with Crippen molar-refractivity contribution in [1.29, 1.82) is 0 Å². The number of hydrogen-bond acceptors (Lipinski definition) is 3. The predicted octanol–water partition coefficient (Wildman–Crippen LogP) is 1.35. The highest BCUT2D eigenvalue weighted by molar-refractivity contribution is 6.29. The van der Waals surface area contributed by atoms with Crippen LogP contribution in [0.4, 0.5) is 0 Å². The average molecular weight is 282 g/mol. The molecule has 0 atom stereocenters. The molecule has 0 aliphatic carbocycles. The Morgan fingerprint density at radius 1 is 1.37 bits per heavy atom. The molecule has 1 fully saturated rings. The van der Waals surface area contributed by atoms with Gasteiger partial charge in [-0.2, -0.15) is 0 Å². The molecule has 0 unspecified atom stereocenters. The lowest BCUT2D eigenvalue weighted by molar-refractivity contribution is -0.129. The zero-order chi connectivity index (χ0) is 14.0. The molecule has 0 radical (unpaired) electrons. The Bertz CT molecular complexity index is 498. The van der Waals surface area contributed by atoms with Crippen LogP contribution in [0.1, 0.15) is 22.5 Å². The first-order chi connectivity index (χ1) is 8.97. The Morgan fingerprint density at radius 3 is 2.79 bits per heavy atom. The molecule has 0 spiro atoms. The molecule has 0 saturated carbocycles. The van der Waals surface area contributed by atoms with Gasteiger partial charge >= 0.3 is 0 Å². The predicted molar refractivity (Wildman–Crippen MR) is 72.1 cm³/mol. The monoisotopic (exact) mass is 281 g/mol. The Kier molecular flexibility index (Phi) is 4.04. The lowest BCUT2D eigenvalue weighted by atomic mass is 10.2. The van der Waals surface area contributed by atoms with Gasteiger partial charge in [-0.05, 0) is 25.5 Å². The van der Waals surface area contributed by atoms with Crippen molar-refractivity contribution in [2.45, 2.75) is 13.3 Å². The minimum atomic E-state index is -0.170. The van der Waals surface area contributed by atoms with Gasteiger partial charge in [0.25, 0.3) is 5.91 Å². The third kappa shape index (κ3) is 3.23. The number of aromatic nitrogens is 1. The lowest BCUT2D eigenvalue weighted by Gasteiger charge is -2.20. The van der Waals surface area contributed by atoms with Crippen LogP contribution in [0, 0.1) is 6.92 Å². The SMILES string of the molecule is Cc1cc(C(=O)N2CCCN(C)C(=O)C2)cc(Cl)n1. The minimum absolute atomic E-state index is 0.0391. The summed E-state index contributed by atoms with van der Waals surface area (Å²) in [5, 5.41) is 0.293. The largest absolute Gasteiger partial charge is 0.344 e. The number of likely N-dealkylation sites (N-methyl/N-ethyl adjacent to an activating group) is 1. The highest BCUT2D eigenvalue weighted by atomic mass is 35.5. The van der Waals surface area contributed by atoms with Gasteiger partial charge < -0.3 is 9.80 Å². The Hall–Kier alpha value is -1.62. The summed E-state index contributed by atoms with van der Waals surface area (Å²) in [5.41, 5.74) is 1.17. The van der Waals surface area contributed by atoms with Gasteiger partial charge in [-0.1, -0.05) is 11.6 Å². The summed E-state index contributed by atoms with van der Waals surface area (Å²) in [6, 6.07) is 3.23. The summed E-state index contributed by atoms with van der Waals surface area (Å²) in [7, 11) is 1.75. The van der Waals surface area contributed by atoms with Crippen molar-refractivity contribution in [3.05, 3.63) is 28.5 Å². The number of amides is 2. The molecule has 2 rings (SSSR count). The van der Waals surface area contributed by atoms with Crippen molar-refractivity contribution in [3.8, 4) is 0 Å². The smallest absolute Gasteiger partial charge is 0.254 e. The fourth-order valence-corrected chi connectivity index (χ4v) is 2.34. The first kappa shape index (κ1) is 13.8. The van der Waals surface area contributed by atoms with Gasteiger partial charge in [0.05, 0.1) is 0 Å². The summed E-state index contributed by atoms with van der Waals surface area (Å²) in [5.74, 6) is -0.209. The van der Waals surface area contributed by atoms with Crippen LogP contribution in [0.3, 0.4) is 0 Å². The second-order valence-corrected chi connectivity index (χ2v) is 5.10. The van der Waals surface area contributed by atoms with E-state index in [1.165, 1.54) is 6.07 Å². The Morgan fingerprint density at radius 2 is 2.11 bits per heavy atom. The normalized spacial score (nSPS) is 16.5. The molecule has 0 aromatic carbocycles. The molecule has 2 heterocycles. The molecule has 0 N–H and O–H groups in total. The van der Waals surface area contributed by atoms with Gasteiger partial charge in [-0.15, -0.1) is 0 Å². The quantitative estimate of drug-likeness (QED) is 0.730. The van der Waals surface area contributed by atoms with Crippen molar-refractivity contribution in [1.82, 2.24) is 14.8 Å². The van der Waals surface area contributed by atoms with Crippen molar-refractivity contribution < 1.29 is 9.59 Å². The summed E-state index contributed by atoms with van der Waals surface area (Å²) in [6.07, 6.45) is 0.784. The summed E-state index contributed by atoms with van der Waals surface area (Å²) >= 11 is 5.86. The third-order valence-corrected chi connectivity index (χ3v) is 3.32. The molecule has 102 valence electrons. The molecule has 1 saturated heterocycles. The minimum Gasteiger partial charge on any atom is -0.344 e. The number of aryl methyl sites for hydroxylation is 1. The first-order valence-electron chi connectivity index (χ1n) is 6.15. The second-order valence-electron chi connectivity index (χ2n) is 4.72. The van der Waals surface area contributed by atoms with Crippen LogP contribution in [-0.4, -0.2) is 53.3 Å². The van der Waals surface area contributed by atoms with E-state index < -0.39 is 0 Å². The molecule has 5 nitrogen and oxygen atoms in total. The van der Waals surface area contributed by atoms with Crippen LogP contribution in [-0.2, 0) is 4.79 Å². The first-order valence-corrected chi connectivity index (χ1v) is 6.52. The molecule has 1 aliphatic heterocycles. The van der Waals surface area contributed by atoms with Crippen molar-refractivity contribution >= 4 is 23.4 Å². The fraction of sp³-hybridized carbons (Fsp3) is 0.462. The van der Waals surface area contributed by atoms with Gasteiger partial charge in [0.1, 0.15) is 11.7 Å². The number of rotatable bonds is 1. The lowest BCUT2D eigenvalue weighted by Crippen LogP contribution is -2.38. The Balaban J connectivity index is 2.21. The Labute approximate surface area is 117 Å².